The molecular weight excluding hydrogens is 246 g/mol. The van der Waals surface area contributed by atoms with E-state index < -0.39 is 0 Å². The van der Waals surface area contributed by atoms with Gasteiger partial charge in [0.15, 0.2) is 0 Å². The Balaban J connectivity index is 1.74. The van der Waals surface area contributed by atoms with Gasteiger partial charge in [0.2, 0.25) is 0 Å². The number of anilines is 2. The van der Waals surface area contributed by atoms with Gasteiger partial charge in [0.05, 0.1) is 5.52 Å². The van der Waals surface area contributed by atoms with Gasteiger partial charge in [-0.05, 0) is 48.9 Å². The van der Waals surface area contributed by atoms with Gasteiger partial charge < -0.3 is 11.1 Å². The summed E-state index contributed by atoms with van der Waals surface area (Å²) >= 11 is 0. The Morgan fingerprint density at radius 3 is 3.05 bits per heavy atom. The molecule has 0 aliphatic heterocycles. The van der Waals surface area contributed by atoms with Gasteiger partial charge in [-0.25, -0.2) is 0 Å². The molecule has 0 spiro atoms. The summed E-state index contributed by atoms with van der Waals surface area (Å²) in [5, 5.41) is 4.77. The van der Waals surface area contributed by atoms with Gasteiger partial charge in [0.1, 0.15) is 0 Å². The van der Waals surface area contributed by atoms with Crippen LogP contribution in [0.5, 0.6) is 0 Å². The van der Waals surface area contributed by atoms with Gasteiger partial charge in [0.25, 0.3) is 0 Å². The molecule has 2 unspecified atom stereocenters. The van der Waals surface area contributed by atoms with Crippen molar-refractivity contribution in [3.8, 4) is 0 Å². The summed E-state index contributed by atoms with van der Waals surface area (Å²) in [6, 6.07) is 8.00. The molecular formula is C17H23N3. The molecule has 1 aliphatic rings. The summed E-state index contributed by atoms with van der Waals surface area (Å²) in [7, 11) is 0. The van der Waals surface area contributed by atoms with Crippen molar-refractivity contribution < 1.29 is 0 Å². The lowest BCUT2D eigenvalue weighted by molar-refractivity contribution is 0.293. The van der Waals surface area contributed by atoms with Crippen LogP contribution in [-0.4, -0.2) is 11.5 Å². The third-order valence-corrected chi connectivity index (χ3v) is 4.39. The molecule has 0 bridgehead atoms. The fraction of sp³-hybridized carbons (Fsp3) is 0.471. The van der Waals surface area contributed by atoms with Crippen LogP contribution < -0.4 is 11.1 Å². The SMILES string of the molecule is CC1CCCC(CNc2ccnc3cc(N)ccc23)C1. The number of fused-ring (bicyclic) bond motifs is 1. The van der Waals surface area contributed by atoms with Crippen molar-refractivity contribution >= 4 is 22.3 Å². The van der Waals surface area contributed by atoms with Crippen LogP contribution >= 0.6 is 0 Å². The highest BCUT2D eigenvalue weighted by molar-refractivity contribution is 5.92. The average Bonchev–Trinajstić information content (AvgIpc) is 2.44. The number of hydrogen-bond donors (Lipinski definition) is 2. The first-order chi connectivity index (χ1) is 9.72. The molecule has 2 aromatic rings. The lowest BCUT2D eigenvalue weighted by Gasteiger charge is -2.27. The van der Waals surface area contributed by atoms with E-state index in [2.05, 4.69) is 29.4 Å². The van der Waals surface area contributed by atoms with Crippen molar-refractivity contribution in [1.29, 1.82) is 0 Å². The Hall–Kier alpha value is -1.77. The van der Waals surface area contributed by atoms with Crippen molar-refractivity contribution in [1.82, 2.24) is 4.98 Å². The zero-order valence-corrected chi connectivity index (χ0v) is 12.1. The third kappa shape index (κ3) is 2.87. The van der Waals surface area contributed by atoms with Crippen molar-refractivity contribution in [3.63, 3.8) is 0 Å². The topological polar surface area (TPSA) is 50.9 Å². The second-order valence-electron chi connectivity index (χ2n) is 6.15. The summed E-state index contributed by atoms with van der Waals surface area (Å²) in [5.41, 5.74) is 8.73. The largest absolute Gasteiger partial charge is 0.399 e. The standard InChI is InChI=1S/C17H23N3/c1-12-3-2-4-13(9-12)11-20-16-7-8-19-17-10-14(18)5-6-15(16)17/h5-8,10,12-13H,2-4,9,11,18H2,1H3,(H,19,20). The molecule has 0 saturated heterocycles. The second-order valence-corrected chi connectivity index (χ2v) is 6.15. The summed E-state index contributed by atoms with van der Waals surface area (Å²) in [4.78, 5) is 4.39. The molecule has 1 aromatic carbocycles. The molecule has 3 rings (SSSR count). The summed E-state index contributed by atoms with van der Waals surface area (Å²) < 4.78 is 0. The Bertz CT molecular complexity index is 594. The summed E-state index contributed by atoms with van der Waals surface area (Å²) in [6.07, 6.45) is 7.33. The molecule has 2 atom stereocenters. The first-order valence-electron chi connectivity index (χ1n) is 7.60. The molecule has 1 aromatic heterocycles. The van der Waals surface area contributed by atoms with Gasteiger partial charge in [-0.15, -0.1) is 0 Å². The number of hydrogen-bond acceptors (Lipinski definition) is 3. The Labute approximate surface area is 120 Å². The lowest BCUT2D eigenvalue weighted by atomic mass is 9.82. The third-order valence-electron chi connectivity index (χ3n) is 4.39. The van der Waals surface area contributed by atoms with Crippen molar-refractivity contribution in [2.24, 2.45) is 11.8 Å². The maximum Gasteiger partial charge on any atom is 0.0743 e. The van der Waals surface area contributed by atoms with E-state index >= 15 is 0 Å². The molecule has 1 heterocycles. The zero-order chi connectivity index (χ0) is 13.9. The number of pyridine rings is 1. The minimum atomic E-state index is 0.767. The molecule has 3 nitrogen and oxygen atoms in total. The summed E-state index contributed by atoms with van der Waals surface area (Å²) in [5.74, 6) is 1.68. The fourth-order valence-corrected chi connectivity index (χ4v) is 3.32. The Morgan fingerprint density at radius 1 is 1.30 bits per heavy atom. The van der Waals surface area contributed by atoms with Crippen LogP contribution in [-0.2, 0) is 0 Å². The molecule has 1 saturated carbocycles. The van der Waals surface area contributed by atoms with E-state index in [0.29, 0.717) is 0 Å². The maximum absolute atomic E-state index is 5.82. The van der Waals surface area contributed by atoms with Crippen LogP contribution in [0.2, 0.25) is 0 Å². The van der Waals surface area contributed by atoms with Crippen LogP contribution in [0.3, 0.4) is 0 Å². The van der Waals surface area contributed by atoms with E-state index in [1.807, 2.05) is 18.3 Å². The minimum Gasteiger partial charge on any atom is -0.399 e. The van der Waals surface area contributed by atoms with E-state index in [4.69, 9.17) is 5.73 Å². The molecule has 0 radical (unpaired) electrons. The molecule has 3 heteroatoms. The predicted molar refractivity (Wildman–Crippen MR) is 85.8 cm³/mol. The highest BCUT2D eigenvalue weighted by Crippen LogP contribution is 2.30. The number of nitrogen functional groups attached to an aromatic ring is 1. The van der Waals surface area contributed by atoms with Gasteiger partial charge >= 0.3 is 0 Å². The van der Waals surface area contributed by atoms with E-state index in [9.17, 15) is 0 Å². The molecule has 1 aliphatic carbocycles. The van der Waals surface area contributed by atoms with Crippen molar-refractivity contribution in [2.45, 2.75) is 32.6 Å². The monoisotopic (exact) mass is 269 g/mol. The molecule has 3 N–H and O–H groups in total. The van der Waals surface area contributed by atoms with Crippen LogP contribution in [0.25, 0.3) is 10.9 Å². The molecule has 1 fully saturated rings. The highest BCUT2D eigenvalue weighted by atomic mass is 14.9. The van der Waals surface area contributed by atoms with Crippen molar-refractivity contribution in [2.75, 3.05) is 17.6 Å². The highest BCUT2D eigenvalue weighted by Gasteiger charge is 2.18. The Kier molecular flexibility index (Phi) is 3.77. The van der Waals surface area contributed by atoms with E-state index in [1.165, 1.54) is 31.4 Å². The number of aromatic nitrogens is 1. The quantitative estimate of drug-likeness (QED) is 0.826. The molecule has 106 valence electrons. The lowest BCUT2D eigenvalue weighted by Crippen LogP contribution is -2.21. The van der Waals surface area contributed by atoms with Crippen LogP contribution in [0.1, 0.15) is 32.6 Å². The van der Waals surface area contributed by atoms with Gasteiger partial charge in [0, 0.05) is 29.5 Å². The van der Waals surface area contributed by atoms with Crippen molar-refractivity contribution in [3.05, 3.63) is 30.5 Å². The first-order valence-corrected chi connectivity index (χ1v) is 7.60. The Morgan fingerprint density at radius 2 is 2.20 bits per heavy atom. The summed E-state index contributed by atoms with van der Waals surface area (Å²) in [6.45, 7) is 3.44. The van der Waals surface area contributed by atoms with E-state index in [-0.39, 0.29) is 0 Å². The minimum absolute atomic E-state index is 0.767. The first kappa shape index (κ1) is 13.2. The van der Waals surface area contributed by atoms with E-state index in [1.54, 1.807) is 0 Å². The maximum atomic E-state index is 5.82. The molecule has 0 amide bonds. The number of nitrogens with one attached hydrogen (secondary N) is 1. The van der Waals surface area contributed by atoms with Crippen LogP contribution in [0, 0.1) is 11.8 Å². The average molecular weight is 269 g/mol. The van der Waals surface area contributed by atoms with Gasteiger partial charge in [-0.2, -0.15) is 0 Å². The number of rotatable bonds is 3. The normalized spacial score (nSPS) is 22.9. The predicted octanol–water partition coefficient (Wildman–Crippen LogP) is 4.06. The van der Waals surface area contributed by atoms with Gasteiger partial charge in [-0.3, -0.25) is 4.98 Å². The molecule has 20 heavy (non-hydrogen) atoms. The van der Waals surface area contributed by atoms with E-state index in [0.717, 1.165) is 35.0 Å². The van der Waals surface area contributed by atoms with Crippen LogP contribution in [0.15, 0.2) is 30.5 Å². The fourth-order valence-electron chi connectivity index (χ4n) is 3.32. The number of nitrogens with zero attached hydrogens (tertiary/aromatic N) is 1. The zero-order valence-electron chi connectivity index (χ0n) is 12.1. The van der Waals surface area contributed by atoms with Gasteiger partial charge in [-0.1, -0.05) is 19.8 Å². The number of benzene rings is 1. The number of nitrogens with two attached hydrogens (primary N) is 1. The second kappa shape index (κ2) is 5.70. The van der Waals surface area contributed by atoms with Crippen LogP contribution in [0.4, 0.5) is 11.4 Å². The smallest absolute Gasteiger partial charge is 0.0743 e.